The Morgan fingerprint density at radius 1 is 1.11 bits per heavy atom. The zero-order chi connectivity index (χ0) is 19.4. The Hall–Kier alpha value is -2.42. The van der Waals surface area contributed by atoms with Crippen molar-refractivity contribution < 1.29 is 31.9 Å². The maximum atomic E-state index is 13.1. The number of nitrogens with zero attached hydrogens (tertiary/aromatic N) is 2. The van der Waals surface area contributed by atoms with Gasteiger partial charge in [-0.2, -0.15) is 13.2 Å². The third-order valence-corrected chi connectivity index (χ3v) is 6.09. The number of hydrogen-bond donors (Lipinski definition) is 0. The van der Waals surface area contributed by atoms with Gasteiger partial charge in [-0.3, -0.25) is 9.59 Å². The van der Waals surface area contributed by atoms with Crippen LogP contribution in [-0.4, -0.2) is 28.0 Å². The summed E-state index contributed by atoms with van der Waals surface area (Å²) in [6, 6.07) is 4.17. The molecule has 5 rings (SSSR count). The van der Waals surface area contributed by atoms with Crippen LogP contribution in [0.15, 0.2) is 22.6 Å². The number of para-hydroxylation sites is 1. The highest BCUT2D eigenvalue weighted by atomic mass is 19.4. The lowest BCUT2D eigenvalue weighted by atomic mass is 9.69. The van der Waals surface area contributed by atoms with E-state index in [2.05, 4.69) is 4.98 Å². The number of ether oxygens (including phenoxy) is 1. The highest BCUT2D eigenvalue weighted by Crippen LogP contribution is 2.61. The van der Waals surface area contributed by atoms with E-state index in [1.165, 1.54) is 18.2 Å². The summed E-state index contributed by atoms with van der Waals surface area (Å²) in [7, 11) is 0. The van der Waals surface area contributed by atoms with Gasteiger partial charge in [0.2, 0.25) is 11.8 Å². The normalized spacial score (nSPS) is 35.5. The highest BCUT2D eigenvalue weighted by Gasteiger charge is 2.72. The van der Waals surface area contributed by atoms with Crippen molar-refractivity contribution >= 4 is 28.6 Å². The predicted octanol–water partition coefficient (Wildman–Crippen LogP) is 3.29. The molecule has 0 radical (unpaired) electrons. The summed E-state index contributed by atoms with van der Waals surface area (Å²) in [4.78, 5) is 30.7. The number of aromatic nitrogens is 1. The molecule has 3 fully saturated rings. The van der Waals surface area contributed by atoms with E-state index in [4.69, 9.17) is 9.15 Å². The van der Waals surface area contributed by atoms with Crippen molar-refractivity contribution in [1.82, 2.24) is 4.98 Å². The minimum Gasteiger partial charge on any atom is -0.433 e. The van der Waals surface area contributed by atoms with Gasteiger partial charge in [-0.1, -0.05) is 6.07 Å². The van der Waals surface area contributed by atoms with Crippen LogP contribution in [-0.2, 0) is 20.5 Å². The van der Waals surface area contributed by atoms with Crippen LogP contribution in [0.5, 0.6) is 0 Å². The lowest BCUT2D eigenvalue weighted by molar-refractivity contribution is -0.156. The number of hydrogen-bond acceptors (Lipinski definition) is 5. The third kappa shape index (κ3) is 1.97. The Labute approximate surface area is 151 Å². The molecule has 142 valence electrons. The number of benzene rings is 1. The molecule has 6 nitrogen and oxygen atoms in total. The van der Waals surface area contributed by atoms with E-state index < -0.39 is 46.9 Å². The maximum absolute atomic E-state index is 13.1. The molecule has 2 aromatic rings. The molecule has 0 aliphatic carbocycles. The number of halogens is 3. The second-order valence-corrected chi connectivity index (χ2v) is 7.84. The van der Waals surface area contributed by atoms with E-state index in [9.17, 15) is 22.8 Å². The van der Waals surface area contributed by atoms with E-state index in [1.54, 1.807) is 0 Å². The smallest absolute Gasteiger partial charge is 0.433 e. The number of imide groups is 1. The fourth-order valence-electron chi connectivity index (χ4n) is 4.94. The van der Waals surface area contributed by atoms with Gasteiger partial charge in [0.1, 0.15) is 5.52 Å². The van der Waals surface area contributed by atoms with E-state index in [-0.39, 0.29) is 16.8 Å². The Kier molecular flexibility index (Phi) is 2.91. The van der Waals surface area contributed by atoms with Gasteiger partial charge < -0.3 is 9.15 Å². The van der Waals surface area contributed by atoms with Crippen molar-refractivity contribution in [3.05, 3.63) is 24.1 Å². The molecule has 0 spiro atoms. The van der Waals surface area contributed by atoms with Crippen molar-refractivity contribution in [3.63, 3.8) is 0 Å². The van der Waals surface area contributed by atoms with Gasteiger partial charge in [0, 0.05) is 0 Å². The summed E-state index contributed by atoms with van der Waals surface area (Å²) < 4.78 is 49.7. The first-order valence-electron chi connectivity index (χ1n) is 8.60. The Bertz CT molecular complexity index is 982. The van der Waals surface area contributed by atoms with Crippen molar-refractivity contribution in [2.45, 2.75) is 44.1 Å². The molecule has 4 atom stereocenters. The Balaban J connectivity index is 1.65. The van der Waals surface area contributed by atoms with Crippen LogP contribution in [0.2, 0.25) is 0 Å². The van der Waals surface area contributed by atoms with Crippen LogP contribution in [0.4, 0.5) is 18.9 Å². The van der Waals surface area contributed by atoms with Crippen LogP contribution in [0.1, 0.15) is 32.6 Å². The zero-order valence-corrected chi connectivity index (χ0v) is 14.5. The number of fused-ring (bicyclic) bond motifs is 6. The fourth-order valence-corrected chi connectivity index (χ4v) is 4.94. The van der Waals surface area contributed by atoms with Gasteiger partial charge in [-0.25, -0.2) is 9.88 Å². The molecule has 0 unspecified atom stereocenters. The van der Waals surface area contributed by atoms with Crippen LogP contribution >= 0.6 is 0 Å². The average molecular weight is 380 g/mol. The van der Waals surface area contributed by atoms with Crippen molar-refractivity contribution in [1.29, 1.82) is 0 Å². The molecule has 1 aromatic heterocycles. The molecule has 2 bridgehead atoms. The van der Waals surface area contributed by atoms with Gasteiger partial charge >= 0.3 is 12.1 Å². The first-order valence-corrected chi connectivity index (χ1v) is 8.60. The molecular weight excluding hydrogens is 365 g/mol. The number of carbonyl (C=O) groups is 2. The Morgan fingerprint density at radius 2 is 1.70 bits per heavy atom. The maximum Gasteiger partial charge on any atom is 0.468 e. The van der Waals surface area contributed by atoms with Crippen LogP contribution in [0, 0.1) is 11.8 Å². The standard InChI is InChI=1S/C18H15F3N2O4/c1-16-6-7-17(2,27-16)11-10(16)13(24)23(14(11)25)8-4-3-5-9-12(8)22-15(26-9)18(19,20)21/h3-5,10-11H,6-7H2,1-2H3/t10-,11+,16-,17+. The SMILES string of the molecule is C[C@]12CC[C@](C)(O1)[C@@H]1C(=O)N(c3cccc4oc(C(F)(F)F)nc34)C(=O)[C@@H]12. The van der Waals surface area contributed by atoms with Crippen LogP contribution in [0.3, 0.4) is 0 Å². The predicted molar refractivity (Wildman–Crippen MR) is 85.6 cm³/mol. The zero-order valence-electron chi connectivity index (χ0n) is 14.5. The number of amides is 2. The molecular formula is C18H15F3N2O4. The van der Waals surface area contributed by atoms with E-state index >= 15 is 0 Å². The van der Waals surface area contributed by atoms with E-state index in [1.807, 2.05) is 13.8 Å². The average Bonchev–Trinajstić information content (AvgIpc) is 3.25. The molecule has 0 saturated carbocycles. The van der Waals surface area contributed by atoms with E-state index in [0.717, 1.165) is 4.90 Å². The second-order valence-electron chi connectivity index (χ2n) is 7.84. The minimum absolute atomic E-state index is 0.0164. The lowest BCUT2D eigenvalue weighted by Crippen LogP contribution is -2.40. The first-order chi connectivity index (χ1) is 12.6. The summed E-state index contributed by atoms with van der Waals surface area (Å²) in [6.45, 7) is 3.63. The molecule has 0 N–H and O–H groups in total. The number of oxazole rings is 1. The van der Waals surface area contributed by atoms with Crippen LogP contribution < -0.4 is 4.90 Å². The molecule has 3 aliphatic rings. The summed E-state index contributed by atoms with van der Waals surface area (Å²) in [5, 5.41) is 0. The van der Waals surface area contributed by atoms with Gasteiger partial charge in [0.05, 0.1) is 28.7 Å². The fraction of sp³-hybridized carbons (Fsp3) is 0.500. The lowest BCUT2D eigenvalue weighted by Gasteiger charge is -2.27. The number of anilines is 1. The number of rotatable bonds is 1. The van der Waals surface area contributed by atoms with Crippen molar-refractivity contribution in [2.24, 2.45) is 11.8 Å². The number of alkyl halides is 3. The van der Waals surface area contributed by atoms with E-state index in [0.29, 0.717) is 12.8 Å². The monoisotopic (exact) mass is 380 g/mol. The minimum atomic E-state index is -4.76. The van der Waals surface area contributed by atoms with Crippen LogP contribution in [0.25, 0.3) is 11.1 Å². The largest absolute Gasteiger partial charge is 0.468 e. The summed E-state index contributed by atoms with van der Waals surface area (Å²) in [5.74, 6) is -3.62. The molecule has 4 heterocycles. The Morgan fingerprint density at radius 3 is 2.26 bits per heavy atom. The third-order valence-electron chi connectivity index (χ3n) is 6.09. The van der Waals surface area contributed by atoms with Gasteiger partial charge in [-0.05, 0) is 38.8 Å². The molecule has 27 heavy (non-hydrogen) atoms. The quantitative estimate of drug-likeness (QED) is 0.710. The second kappa shape index (κ2) is 4.70. The molecule has 3 saturated heterocycles. The molecule has 9 heteroatoms. The van der Waals surface area contributed by atoms with Crippen molar-refractivity contribution in [2.75, 3.05) is 4.90 Å². The highest BCUT2D eigenvalue weighted by molar-refractivity contribution is 6.25. The molecule has 3 aliphatic heterocycles. The van der Waals surface area contributed by atoms with Gasteiger partial charge in [0.15, 0.2) is 5.58 Å². The summed E-state index contributed by atoms with van der Waals surface area (Å²) in [5.41, 5.74) is -1.75. The van der Waals surface area contributed by atoms with Gasteiger partial charge in [-0.15, -0.1) is 0 Å². The summed E-state index contributed by atoms with van der Waals surface area (Å²) in [6.07, 6.45) is -3.45. The molecule has 1 aromatic carbocycles. The first kappa shape index (κ1) is 16.7. The molecule has 2 amide bonds. The topological polar surface area (TPSA) is 72.6 Å². The van der Waals surface area contributed by atoms with Gasteiger partial charge in [0.25, 0.3) is 0 Å². The summed E-state index contributed by atoms with van der Waals surface area (Å²) >= 11 is 0. The number of carbonyl (C=O) groups excluding carboxylic acids is 2. The van der Waals surface area contributed by atoms with Crippen molar-refractivity contribution in [3.8, 4) is 0 Å².